The molecule has 2 aliphatic heterocycles. The fourth-order valence-corrected chi connectivity index (χ4v) is 4.03. The van der Waals surface area contributed by atoms with Crippen molar-refractivity contribution in [2.24, 2.45) is 0 Å². The summed E-state index contributed by atoms with van der Waals surface area (Å²) in [5.41, 5.74) is 0.834. The zero-order valence-corrected chi connectivity index (χ0v) is 15.4. The first-order valence-electron chi connectivity index (χ1n) is 9.74. The average Bonchev–Trinajstić information content (AvgIpc) is 3.07. The van der Waals surface area contributed by atoms with Crippen LogP contribution in [0.4, 0.5) is 15.3 Å². The van der Waals surface area contributed by atoms with Crippen molar-refractivity contribution in [3.63, 3.8) is 0 Å². The normalized spacial score (nSPS) is 22.5. The zero-order valence-electron chi connectivity index (χ0n) is 15.4. The second kappa shape index (κ2) is 7.17. The molecule has 0 aromatic carbocycles. The van der Waals surface area contributed by atoms with E-state index in [0.717, 1.165) is 25.1 Å². The smallest absolute Gasteiger partial charge is 0.324 e. The molecule has 1 aromatic heterocycles. The maximum absolute atomic E-state index is 12.4. The summed E-state index contributed by atoms with van der Waals surface area (Å²) < 4.78 is 1.89. The summed E-state index contributed by atoms with van der Waals surface area (Å²) in [6, 6.07) is 0.594. The van der Waals surface area contributed by atoms with E-state index >= 15 is 0 Å². The number of likely N-dealkylation sites (N-methyl/N-ethyl adjacent to an activating group) is 1. The first-order valence-corrected chi connectivity index (χ1v) is 9.74. The van der Waals surface area contributed by atoms with Crippen LogP contribution in [0.25, 0.3) is 0 Å². The Bertz CT molecular complexity index is 660. The van der Waals surface area contributed by atoms with Crippen molar-refractivity contribution in [3.8, 4) is 0 Å². The van der Waals surface area contributed by atoms with E-state index in [2.05, 4.69) is 10.4 Å². The van der Waals surface area contributed by atoms with Crippen molar-refractivity contribution in [2.45, 2.75) is 50.6 Å². The Balaban J connectivity index is 1.28. The fraction of sp³-hybridized carbons (Fsp3) is 0.722. The number of carbonyl (C=O) groups excluding carboxylic acids is 2. The molecule has 0 atom stereocenters. The minimum atomic E-state index is 0.0163. The quantitative estimate of drug-likeness (QED) is 0.839. The van der Waals surface area contributed by atoms with Gasteiger partial charge in [0.2, 0.25) is 0 Å². The number of likely N-dealkylation sites (tertiary alicyclic amines) is 1. The molecule has 1 aromatic rings. The van der Waals surface area contributed by atoms with E-state index in [1.54, 1.807) is 16.0 Å². The van der Waals surface area contributed by atoms with E-state index < -0.39 is 0 Å². The molecule has 4 amide bonds. The van der Waals surface area contributed by atoms with E-state index in [9.17, 15) is 9.59 Å². The van der Waals surface area contributed by atoms with E-state index in [1.165, 1.54) is 25.7 Å². The molecule has 8 nitrogen and oxygen atoms in total. The van der Waals surface area contributed by atoms with Gasteiger partial charge in [-0.1, -0.05) is 25.7 Å². The van der Waals surface area contributed by atoms with Gasteiger partial charge in [-0.05, 0) is 12.8 Å². The fourth-order valence-electron chi connectivity index (χ4n) is 4.03. The van der Waals surface area contributed by atoms with Crippen LogP contribution < -0.4 is 10.2 Å². The van der Waals surface area contributed by atoms with Gasteiger partial charge in [-0.2, -0.15) is 5.10 Å². The molecular formula is C18H28N6O2. The third-order valence-corrected chi connectivity index (χ3v) is 5.82. The Kier molecular flexibility index (Phi) is 4.74. The molecule has 1 saturated carbocycles. The van der Waals surface area contributed by atoms with Crippen molar-refractivity contribution in [3.05, 3.63) is 12.4 Å². The molecule has 26 heavy (non-hydrogen) atoms. The number of aromatic nitrogens is 2. The highest BCUT2D eigenvalue weighted by atomic mass is 16.2. The van der Waals surface area contributed by atoms with Crippen LogP contribution in [0.3, 0.4) is 0 Å². The molecular weight excluding hydrogens is 332 g/mol. The van der Waals surface area contributed by atoms with Crippen LogP contribution in [0.2, 0.25) is 0 Å². The lowest BCUT2D eigenvalue weighted by atomic mass is 10.1. The molecule has 0 unspecified atom stereocenters. The number of amides is 4. The Morgan fingerprint density at radius 2 is 1.88 bits per heavy atom. The Labute approximate surface area is 154 Å². The van der Waals surface area contributed by atoms with Crippen molar-refractivity contribution in [1.29, 1.82) is 0 Å². The lowest BCUT2D eigenvalue weighted by Gasteiger charge is -2.39. The monoisotopic (exact) mass is 360 g/mol. The first kappa shape index (κ1) is 17.2. The molecule has 4 rings (SSSR count). The van der Waals surface area contributed by atoms with E-state index in [4.69, 9.17) is 0 Å². The summed E-state index contributed by atoms with van der Waals surface area (Å²) >= 11 is 0. The highest BCUT2D eigenvalue weighted by molar-refractivity contribution is 5.93. The van der Waals surface area contributed by atoms with Gasteiger partial charge in [0.05, 0.1) is 17.9 Å². The molecule has 0 spiro atoms. The minimum absolute atomic E-state index is 0.0163. The van der Waals surface area contributed by atoms with Crippen LogP contribution >= 0.6 is 0 Å². The number of hydrogen-bond donors (Lipinski definition) is 1. The van der Waals surface area contributed by atoms with Gasteiger partial charge >= 0.3 is 12.1 Å². The highest BCUT2D eigenvalue weighted by Crippen LogP contribution is 2.25. The van der Waals surface area contributed by atoms with E-state index in [1.807, 2.05) is 22.8 Å². The van der Waals surface area contributed by atoms with Crippen LogP contribution in [0.1, 0.15) is 44.6 Å². The summed E-state index contributed by atoms with van der Waals surface area (Å²) in [7, 11) is 1.81. The van der Waals surface area contributed by atoms with Gasteiger partial charge in [0, 0.05) is 45.5 Å². The minimum Gasteiger partial charge on any atom is -0.335 e. The standard InChI is InChI=1S/C18H28N6O2/c1-21-8-9-23(18(21)26)15-10-19-24(13-15)16-11-22(12-16)17(25)20-14-6-4-2-3-5-7-14/h10,13-14,16H,2-9,11-12H2,1H3,(H,20,25). The summed E-state index contributed by atoms with van der Waals surface area (Å²) in [6.45, 7) is 2.78. The van der Waals surface area contributed by atoms with Crippen molar-refractivity contribution >= 4 is 17.7 Å². The van der Waals surface area contributed by atoms with Gasteiger partial charge in [-0.3, -0.25) is 9.58 Å². The number of anilines is 1. The molecule has 142 valence electrons. The second-order valence-electron chi connectivity index (χ2n) is 7.73. The van der Waals surface area contributed by atoms with Gasteiger partial charge in [0.15, 0.2) is 0 Å². The summed E-state index contributed by atoms with van der Waals surface area (Å²) in [5, 5.41) is 7.60. The first-order chi connectivity index (χ1) is 12.6. The van der Waals surface area contributed by atoms with Gasteiger partial charge < -0.3 is 15.1 Å². The van der Waals surface area contributed by atoms with E-state index in [-0.39, 0.29) is 18.1 Å². The van der Waals surface area contributed by atoms with Gasteiger partial charge in [0.1, 0.15) is 0 Å². The van der Waals surface area contributed by atoms with Gasteiger partial charge in [0.25, 0.3) is 0 Å². The van der Waals surface area contributed by atoms with Crippen molar-refractivity contribution in [1.82, 2.24) is 24.9 Å². The number of nitrogens with one attached hydrogen (secondary N) is 1. The van der Waals surface area contributed by atoms with Crippen molar-refractivity contribution in [2.75, 3.05) is 38.1 Å². The highest BCUT2D eigenvalue weighted by Gasteiger charge is 2.34. The topological polar surface area (TPSA) is 73.7 Å². The molecule has 8 heteroatoms. The Hall–Kier alpha value is -2.25. The molecule has 2 saturated heterocycles. The third-order valence-electron chi connectivity index (χ3n) is 5.82. The lowest BCUT2D eigenvalue weighted by molar-refractivity contribution is 0.115. The van der Waals surface area contributed by atoms with Crippen molar-refractivity contribution < 1.29 is 9.59 Å². The summed E-state index contributed by atoms with van der Waals surface area (Å²) in [5.74, 6) is 0. The van der Waals surface area contributed by atoms with Crippen LogP contribution in [0.15, 0.2) is 12.4 Å². The van der Waals surface area contributed by atoms with Crippen LogP contribution in [-0.4, -0.2) is 70.9 Å². The predicted molar refractivity (Wildman–Crippen MR) is 98.2 cm³/mol. The molecule has 1 N–H and O–H groups in total. The molecule has 3 fully saturated rings. The predicted octanol–water partition coefficient (Wildman–Crippen LogP) is 2.04. The van der Waals surface area contributed by atoms with Crippen LogP contribution in [0, 0.1) is 0 Å². The molecule has 1 aliphatic carbocycles. The molecule has 3 aliphatic rings. The maximum atomic E-state index is 12.4. The number of nitrogens with zero attached hydrogens (tertiary/aromatic N) is 5. The van der Waals surface area contributed by atoms with Crippen LogP contribution in [0.5, 0.6) is 0 Å². The van der Waals surface area contributed by atoms with Gasteiger partial charge in [-0.15, -0.1) is 0 Å². The third kappa shape index (κ3) is 3.37. The summed E-state index contributed by atoms with van der Waals surface area (Å²) in [6.07, 6.45) is 10.9. The summed E-state index contributed by atoms with van der Waals surface area (Å²) in [4.78, 5) is 29.8. The largest absolute Gasteiger partial charge is 0.335 e. The second-order valence-corrected chi connectivity index (χ2v) is 7.73. The number of rotatable bonds is 3. The average molecular weight is 360 g/mol. The Morgan fingerprint density at radius 1 is 1.15 bits per heavy atom. The molecule has 0 bridgehead atoms. The molecule has 3 heterocycles. The zero-order chi connectivity index (χ0) is 18.1. The van der Waals surface area contributed by atoms with Crippen LogP contribution in [-0.2, 0) is 0 Å². The lowest BCUT2D eigenvalue weighted by Crippen LogP contribution is -2.56. The van der Waals surface area contributed by atoms with Gasteiger partial charge in [-0.25, -0.2) is 9.59 Å². The number of carbonyl (C=O) groups is 2. The Morgan fingerprint density at radius 3 is 2.54 bits per heavy atom. The number of hydrogen-bond acceptors (Lipinski definition) is 3. The SMILES string of the molecule is CN1CCN(c2cnn(C3CN(C(=O)NC4CCCCCC4)C3)c2)C1=O. The molecule has 0 radical (unpaired) electrons. The van der Waals surface area contributed by atoms with E-state index in [0.29, 0.717) is 25.7 Å². The number of urea groups is 2. The maximum Gasteiger partial charge on any atom is 0.324 e.